The summed E-state index contributed by atoms with van der Waals surface area (Å²) in [5.74, 6) is -0.0540. The van der Waals surface area contributed by atoms with Crippen LogP contribution < -0.4 is 5.32 Å². The molecule has 6 heteroatoms. The SMILES string of the molecule is CN(C)C(=O)CCC(=O)N[C@@H]1CCCN(Cc2ccc(Cl)cc2)C1. The average Bonchev–Trinajstić information content (AvgIpc) is 2.55. The predicted octanol–water partition coefficient (Wildman–Crippen LogP) is 2.29. The van der Waals surface area contributed by atoms with Crippen LogP contribution in [0, 0.1) is 0 Å². The third-order valence-corrected chi connectivity index (χ3v) is 4.51. The highest BCUT2D eigenvalue weighted by Gasteiger charge is 2.21. The second-order valence-electron chi connectivity index (χ2n) is 6.56. The molecule has 24 heavy (non-hydrogen) atoms. The minimum atomic E-state index is -0.0384. The second kappa shape index (κ2) is 9.04. The molecule has 0 aliphatic carbocycles. The third-order valence-electron chi connectivity index (χ3n) is 4.25. The highest BCUT2D eigenvalue weighted by Crippen LogP contribution is 2.16. The smallest absolute Gasteiger partial charge is 0.222 e. The Morgan fingerprint density at radius 3 is 2.62 bits per heavy atom. The lowest BCUT2D eigenvalue weighted by Crippen LogP contribution is -2.47. The fourth-order valence-electron chi connectivity index (χ4n) is 2.91. The molecule has 1 saturated heterocycles. The second-order valence-corrected chi connectivity index (χ2v) is 6.99. The van der Waals surface area contributed by atoms with E-state index in [0.717, 1.165) is 37.5 Å². The number of carbonyl (C=O) groups excluding carboxylic acids is 2. The van der Waals surface area contributed by atoms with Crippen LogP contribution in [0.1, 0.15) is 31.2 Å². The Kier molecular flexibility index (Phi) is 7.06. The van der Waals surface area contributed by atoms with Crippen molar-refractivity contribution in [1.29, 1.82) is 0 Å². The van der Waals surface area contributed by atoms with Crippen LogP contribution in [0.2, 0.25) is 5.02 Å². The van der Waals surface area contributed by atoms with Crippen molar-refractivity contribution in [2.75, 3.05) is 27.2 Å². The highest BCUT2D eigenvalue weighted by atomic mass is 35.5. The number of hydrogen-bond acceptors (Lipinski definition) is 3. The van der Waals surface area contributed by atoms with Crippen LogP contribution in [0.4, 0.5) is 0 Å². The van der Waals surface area contributed by atoms with E-state index in [4.69, 9.17) is 11.6 Å². The largest absolute Gasteiger partial charge is 0.352 e. The van der Waals surface area contributed by atoms with Gasteiger partial charge in [0, 0.05) is 51.1 Å². The minimum absolute atomic E-state index is 0.0156. The van der Waals surface area contributed by atoms with Gasteiger partial charge in [0.25, 0.3) is 0 Å². The number of likely N-dealkylation sites (tertiary alicyclic amines) is 1. The Morgan fingerprint density at radius 1 is 1.25 bits per heavy atom. The molecular weight excluding hydrogens is 326 g/mol. The van der Waals surface area contributed by atoms with Gasteiger partial charge in [-0.3, -0.25) is 14.5 Å². The number of amides is 2. The van der Waals surface area contributed by atoms with E-state index in [1.807, 2.05) is 24.3 Å². The van der Waals surface area contributed by atoms with Crippen molar-refractivity contribution >= 4 is 23.4 Å². The van der Waals surface area contributed by atoms with Gasteiger partial charge in [0.15, 0.2) is 0 Å². The predicted molar refractivity (Wildman–Crippen MR) is 95.8 cm³/mol. The van der Waals surface area contributed by atoms with Crippen molar-refractivity contribution in [3.63, 3.8) is 0 Å². The number of hydrogen-bond donors (Lipinski definition) is 1. The van der Waals surface area contributed by atoms with E-state index in [1.165, 1.54) is 10.5 Å². The van der Waals surface area contributed by atoms with Crippen molar-refractivity contribution in [2.24, 2.45) is 0 Å². The number of piperidine rings is 1. The lowest BCUT2D eigenvalue weighted by Gasteiger charge is -2.33. The molecule has 0 spiro atoms. The number of rotatable bonds is 6. The van der Waals surface area contributed by atoms with Crippen LogP contribution in [0.3, 0.4) is 0 Å². The quantitative estimate of drug-likeness (QED) is 0.855. The van der Waals surface area contributed by atoms with Gasteiger partial charge in [-0.15, -0.1) is 0 Å². The summed E-state index contributed by atoms with van der Waals surface area (Å²) in [6.45, 7) is 2.74. The van der Waals surface area contributed by atoms with Crippen molar-refractivity contribution in [3.05, 3.63) is 34.9 Å². The summed E-state index contributed by atoms with van der Waals surface area (Å²) in [6, 6.07) is 8.05. The molecular formula is C18H26ClN3O2. The topological polar surface area (TPSA) is 52.7 Å². The number of carbonyl (C=O) groups is 2. The molecule has 132 valence electrons. The first kappa shape index (κ1) is 18.7. The molecule has 1 aromatic rings. The standard InChI is InChI=1S/C18H26ClN3O2/c1-21(2)18(24)10-9-17(23)20-16-4-3-11-22(13-16)12-14-5-7-15(19)8-6-14/h5-8,16H,3-4,9-13H2,1-2H3,(H,20,23)/t16-/m1/s1. The maximum Gasteiger partial charge on any atom is 0.222 e. The summed E-state index contributed by atoms with van der Waals surface area (Å²) < 4.78 is 0. The van der Waals surface area contributed by atoms with Gasteiger partial charge in [0.2, 0.25) is 11.8 Å². The van der Waals surface area contributed by atoms with Crippen molar-refractivity contribution in [2.45, 2.75) is 38.3 Å². The molecule has 1 atom stereocenters. The number of nitrogens with zero attached hydrogens (tertiary/aromatic N) is 2. The lowest BCUT2D eigenvalue weighted by molar-refractivity contribution is -0.131. The van der Waals surface area contributed by atoms with Crippen molar-refractivity contribution in [1.82, 2.24) is 15.1 Å². The molecule has 1 aliphatic rings. The minimum Gasteiger partial charge on any atom is -0.352 e. The summed E-state index contributed by atoms with van der Waals surface area (Å²) in [4.78, 5) is 27.4. The molecule has 5 nitrogen and oxygen atoms in total. The van der Waals surface area contributed by atoms with Crippen LogP contribution in [-0.2, 0) is 16.1 Å². The molecule has 1 N–H and O–H groups in total. The Morgan fingerprint density at radius 2 is 1.96 bits per heavy atom. The zero-order chi connectivity index (χ0) is 17.5. The Hall–Kier alpha value is -1.59. The molecule has 1 fully saturated rings. The van der Waals surface area contributed by atoms with E-state index in [0.29, 0.717) is 0 Å². The maximum absolute atomic E-state index is 12.0. The first-order valence-electron chi connectivity index (χ1n) is 8.40. The van der Waals surface area contributed by atoms with Crippen LogP contribution >= 0.6 is 11.6 Å². The monoisotopic (exact) mass is 351 g/mol. The Labute approximate surface area is 149 Å². The van der Waals surface area contributed by atoms with Gasteiger partial charge in [-0.1, -0.05) is 23.7 Å². The van der Waals surface area contributed by atoms with Gasteiger partial charge in [-0.25, -0.2) is 0 Å². The lowest BCUT2D eigenvalue weighted by atomic mass is 10.0. The van der Waals surface area contributed by atoms with E-state index in [2.05, 4.69) is 10.2 Å². The van der Waals surface area contributed by atoms with Gasteiger partial charge >= 0.3 is 0 Å². The van der Waals surface area contributed by atoms with Crippen LogP contribution in [0.15, 0.2) is 24.3 Å². The number of benzene rings is 1. The van der Waals surface area contributed by atoms with Crippen LogP contribution in [-0.4, -0.2) is 54.8 Å². The fraction of sp³-hybridized carbons (Fsp3) is 0.556. The summed E-state index contributed by atoms with van der Waals surface area (Å²) in [5, 5.41) is 3.81. The highest BCUT2D eigenvalue weighted by molar-refractivity contribution is 6.30. The van der Waals surface area contributed by atoms with E-state index >= 15 is 0 Å². The van der Waals surface area contributed by atoms with E-state index in [9.17, 15) is 9.59 Å². The average molecular weight is 352 g/mol. The third kappa shape index (κ3) is 6.13. The van der Waals surface area contributed by atoms with E-state index in [-0.39, 0.29) is 30.7 Å². The maximum atomic E-state index is 12.0. The molecule has 1 aromatic carbocycles. The molecule has 0 saturated carbocycles. The Bertz CT molecular complexity index is 560. The molecule has 2 rings (SSSR count). The van der Waals surface area contributed by atoms with E-state index < -0.39 is 0 Å². The molecule has 1 aliphatic heterocycles. The molecule has 0 radical (unpaired) electrons. The van der Waals surface area contributed by atoms with Gasteiger partial charge < -0.3 is 10.2 Å². The zero-order valence-electron chi connectivity index (χ0n) is 14.4. The first-order chi connectivity index (χ1) is 11.4. The van der Waals surface area contributed by atoms with E-state index in [1.54, 1.807) is 14.1 Å². The van der Waals surface area contributed by atoms with Gasteiger partial charge in [-0.05, 0) is 37.1 Å². The number of halogens is 1. The number of nitrogens with one attached hydrogen (secondary N) is 1. The van der Waals surface area contributed by atoms with Crippen molar-refractivity contribution < 1.29 is 9.59 Å². The molecule has 1 heterocycles. The normalized spacial score (nSPS) is 18.2. The van der Waals surface area contributed by atoms with Gasteiger partial charge in [0.1, 0.15) is 0 Å². The summed E-state index contributed by atoms with van der Waals surface area (Å²) in [7, 11) is 3.41. The van der Waals surface area contributed by atoms with Crippen LogP contribution in [0.5, 0.6) is 0 Å². The Balaban J connectivity index is 1.77. The molecule has 2 amide bonds. The summed E-state index contributed by atoms with van der Waals surface area (Å²) >= 11 is 5.92. The first-order valence-corrected chi connectivity index (χ1v) is 8.78. The van der Waals surface area contributed by atoms with Gasteiger partial charge in [0.05, 0.1) is 0 Å². The zero-order valence-corrected chi connectivity index (χ0v) is 15.2. The summed E-state index contributed by atoms with van der Waals surface area (Å²) in [5.41, 5.74) is 1.22. The molecule has 0 unspecified atom stereocenters. The van der Waals surface area contributed by atoms with Crippen LogP contribution in [0.25, 0.3) is 0 Å². The van der Waals surface area contributed by atoms with Crippen molar-refractivity contribution in [3.8, 4) is 0 Å². The molecule has 0 aromatic heterocycles. The summed E-state index contributed by atoms with van der Waals surface area (Å²) in [6.07, 6.45) is 2.57. The molecule has 0 bridgehead atoms. The fourth-order valence-corrected chi connectivity index (χ4v) is 3.03. The van der Waals surface area contributed by atoms with Gasteiger partial charge in [-0.2, -0.15) is 0 Å².